The van der Waals surface area contributed by atoms with Crippen LogP contribution in [0.3, 0.4) is 0 Å². The first-order valence-corrected chi connectivity index (χ1v) is 27.0. The van der Waals surface area contributed by atoms with Gasteiger partial charge in [-0.1, -0.05) is 152 Å². The van der Waals surface area contributed by atoms with Gasteiger partial charge in [0.2, 0.25) is 0 Å². The molecule has 1 fully saturated rings. The lowest BCUT2D eigenvalue weighted by Crippen LogP contribution is -2.64. The van der Waals surface area contributed by atoms with Crippen molar-refractivity contribution in [1.29, 1.82) is 0 Å². The minimum atomic E-state index is -5.38. The maximum atomic E-state index is 13.0. The van der Waals surface area contributed by atoms with Gasteiger partial charge in [-0.25, -0.2) is 9.13 Å². The van der Waals surface area contributed by atoms with E-state index in [1.807, 2.05) is 42.5 Å². The van der Waals surface area contributed by atoms with Crippen LogP contribution in [0.1, 0.15) is 162 Å². The molecule has 5 unspecified atom stereocenters. The third-order valence-corrected chi connectivity index (χ3v) is 12.2. The summed E-state index contributed by atoms with van der Waals surface area (Å²) in [6, 6.07) is 0. The molecule has 9 atom stereocenters. The number of ether oxygens (including phenoxy) is 2. The topological polar surface area (TPSA) is 276 Å². The van der Waals surface area contributed by atoms with Crippen molar-refractivity contribution in [1.82, 2.24) is 0 Å². The van der Waals surface area contributed by atoms with Crippen LogP contribution in [0.4, 0.5) is 0 Å². The van der Waals surface area contributed by atoms with Gasteiger partial charge in [-0.3, -0.25) is 23.2 Å². The highest BCUT2D eigenvalue weighted by molar-refractivity contribution is 7.47. The van der Waals surface area contributed by atoms with Crippen LogP contribution in [0.5, 0.6) is 0 Å². The highest BCUT2D eigenvalue weighted by atomic mass is 31.2. The Morgan fingerprint density at radius 3 is 1.74 bits per heavy atom. The molecular weight excluding hydrogens is 898 g/mol. The Morgan fingerprint density at radius 1 is 0.576 bits per heavy atom. The average molecular weight is 981 g/mol. The summed E-state index contributed by atoms with van der Waals surface area (Å²) in [5.74, 6) is -1.30. The molecule has 0 aromatic carbocycles. The van der Waals surface area contributed by atoms with Crippen molar-refractivity contribution in [3.05, 3.63) is 60.8 Å². The number of phosphoric ester groups is 2. The molecule has 0 saturated heterocycles. The Bertz CT molecular complexity index is 1530. The van der Waals surface area contributed by atoms with E-state index >= 15 is 0 Å². The zero-order valence-electron chi connectivity index (χ0n) is 39.2. The maximum Gasteiger partial charge on any atom is 0.472 e. The molecule has 66 heavy (non-hydrogen) atoms. The number of allylic oxidation sites excluding steroid dienone is 9. The predicted molar refractivity (Wildman–Crippen MR) is 252 cm³/mol. The average Bonchev–Trinajstić information content (AvgIpc) is 3.26. The number of unbranched alkanes of at least 4 members (excludes halogenated alkanes) is 14. The molecule has 17 nitrogen and oxygen atoms in total. The molecule has 1 saturated carbocycles. The minimum Gasteiger partial charge on any atom is -0.462 e. The Morgan fingerprint density at radius 2 is 1.12 bits per heavy atom. The van der Waals surface area contributed by atoms with Gasteiger partial charge in [0.15, 0.2) is 6.10 Å². The lowest BCUT2D eigenvalue weighted by Gasteiger charge is -2.43. The molecule has 0 radical (unpaired) electrons. The normalized spacial score (nSPS) is 22.5. The van der Waals surface area contributed by atoms with Crippen molar-refractivity contribution in [2.24, 2.45) is 0 Å². The summed E-state index contributed by atoms with van der Waals surface area (Å²) in [6.45, 7) is 2.85. The van der Waals surface area contributed by atoms with Crippen LogP contribution in [0.15, 0.2) is 60.8 Å². The number of rotatable bonds is 39. The molecule has 0 aromatic heterocycles. The summed E-state index contributed by atoms with van der Waals surface area (Å²) < 4.78 is 49.3. The van der Waals surface area contributed by atoms with E-state index in [1.54, 1.807) is 6.08 Å². The van der Waals surface area contributed by atoms with Crippen LogP contribution in [-0.4, -0.2) is 114 Å². The molecule has 0 amide bonds. The Kier molecular flexibility index (Phi) is 35.1. The van der Waals surface area contributed by atoms with E-state index in [0.717, 1.165) is 70.6 Å². The van der Waals surface area contributed by atoms with Crippen LogP contribution < -0.4 is 0 Å². The zero-order chi connectivity index (χ0) is 49.1. The van der Waals surface area contributed by atoms with E-state index in [2.05, 4.69) is 30.5 Å². The lowest BCUT2D eigenvalue weighted by atomic mass is 9.85. The second-order valence-corrected chi connectivity index (χ2v) is 19.2. The molecule has 0 aromatic rings. The molecule has 0 spiro atoms. The molecular formula is C47H82O17P2. The van der Waals surface area contributed by atoms with Crippen LogP contribution in [-0.2, 0) is 41.8 Å². The summed E-state index contributed by atoms with van der Waals surface area (Å²) in [5, 5.41) is 51.1. The number of carbonyl (C=O) groups excluding carboxylic acids is 2. The van der Waals surface area contributed by atoms with Gasteiger partial charge in [0.1, 0.15) is 43.2 Å². The monoisotopic (exact) mass is 981 g/mol. The molecule has 8 N–H and O–H groups in total. The van der Waals surface area contributed by atoms with Gasteiger partial charge in [-0.05, 0) is 57.8 Å². The molecule has 0 aliphatic heterocycles. The molecule has 1 aliphatic rings. The summed E-state index contributed by atoms with van der Waals surface area (Å²) in [6.07, 6.45) is 25.1. The van der Waals surface area contributed by atoms with Crippen LogP contribution in [0.25, 0.3) is 0 Å². The zero-order valence-corrected chi connectivity index (χ0v) is 41.0. The molecule has 0 heterocycles. The maximum absolute atomic E-state index is 13.0. The third kappa shape index (κ3) is 31.7. The van der Waals surface area contributed by atoms with Gasteiger partial charge in [0.25, 0.3) is 0 Å². The fourth-order valence-electron chi connectivity index (χ4n) is 6.95. The second-order valence-electron chi connectivity index (χ2n) is 16.6. The first-order chi connectivity index (χ1) is 31.5. The van der Waals surface area contributed by atoms with Crippen LogP contribution in [0.2, 0.25) is 0 Å². The van der Waals surface area contributed by atoms with Crippen molar-refractivity contribution in [3.63, 3.8) is 0 Å². The van der Waals surface area contributed by atoms with Crippen molar-refractivity contribution < 1.29 is 82.0 Å². The van der Waals surface area contributed by atoms with E-state index < -0.39 is 89.6 Å². The van der Waals surface area contributed by atoms with Gasteiger partial charge in [-0.15, -0.1) is 0 Å². The Balaban J connectivity index is 2.65. The standard InChI is InChI=1S/C47H82O17P2/c1-3-5-7-8-9-10-11-12-13-14-17-20-23-26-30-34-40(49)60-36-39(37-61-66(58,59)64-47-44(53)42(51)43(52)46(45(47)54)63-65(55,56)57)62-41(50)35-31-27-24-21-18-15-16-19-22-25-29-33-38(48)32-28-6-4-2/h5,7,15-16,21-22,24-25,29,33,38-39,42-48,51-54H,3-4,6,8-14,17-20,23,26-28,30-32,34-37H2,1-2H3,(H,58,59)(H2,55,56,57)/b7-5-,16-15-,24-21-,25-22-,33-29+/t38-,39+,42?,43?,44?,45?,46+,47-/m0/s1. The largest absolute Gasteiger partial charge is 0.472 e. The highest BCUT2D eigenvalue weighted by Gasteiger charge is 2.54. The second kappa shape index (κ2) is 37.5. The van der Waals surface area contributed by atoms with E-state index in [9.17, 15) is 58.9 Å². The number of aliphatic hydroxyl groups excluding tert-OH is 5. The number of phosphoric acid groups is 2. The molecule has 19 heteroatoms. The Labute approximate surface area is 392 Å². The van der Waals surface area contributed by atoms with E-state index in [4.69, 9.17) is 18.5 Å². The molecule has 1 aliphatic carbocycles. The summed E-state index contributed by atoms with van der Waals surface area (Å²) in [7, 11) is -10.7. The van der Waals surface area contributed by atoms with Crippen molar-refractivity contribution in [2.45, 2.75) is 210 Å². The van der Waals surface area contributed by atoms with Gasteiger partial charge < -0.3 is 49.7 Å². The fourth-order valence-corrected chi connectivity index (χ4v) is 8.49. The lowest BCUT2D eigenvalue weighted by molar-refractivity contribution is -0.216. The van der Waals surface area contributed by atoms with Crippen molar-refractivity contribution in [3.8, 4) is 0 Å². The minimum absolute atomic E-state index is 0.0535. The summed E-state index contributed by atoms with van der Waals surface area (Å²) >= 11 is 0. The van der Waals surface area contributed by atoms with Crippen LogP contribution in [0, 0.1) is 0 Å². The molecule has 382 valence electrons. The number of hydrogen-bond acceptors (Lipinski definition) is 14. The van der Waals surface area contributed by atoms with E-state index in [0.29, 0.717) is 25.7 Å². The van der Waals surface area contributed by atoms with E-state index in [1.165, 1.54) is 38.5 Å². The Hall–Kier alpha value is -2.34. The first kappa shape index (κ1) is 61.7. The molecule has 0 bridgehead atoms. The van der Waals surface area contributed by atoms with E-state index in [-0.39, 0.29) is 12.8 Å². The highest BCUT2D eigenvalue weighted by Crippen LogP contribution is 2.49. The van der Waals surface area contributed by atoms with Crippen molar-refractivity contribution >= 4 is 27.6 Å². The number of carbonyl (C=O) groups is 2. The number of esters is 2. The smallest absolute Gasteiger partial charge is 0.462 e. The molecule has 1 rings (SSSR count). The SMILES string of the molecule is CC/C=C\CCCCCCCCCCCCCC(=O)OC[C@H](COP(=O)(O)O[C@H]1C(O)C(O)C(O)[C@@H](OP(=O)(O)O)C1O)OC(=O)CCC/C=C\C/C=C\C/C=C\C=C\[C@@H](O)CCCCC. The van der Waals surface area contributed by atoms with Gasteiger partial charge in [0.05, 0.1) is 12.7 Å². The fraction of sp³-hybridized carbons (Fsp3) is 0.745. The number of hydrogen-bond donors (Lipinski definition) is 8. The van der Waals surface area contributed by atoms with Crippen LogP contribution >= 0.6 is 15.6 Å². The third-order valence-electron chi connectivity index (χ3n) is 10.7. The van der Waals surface area contributed by atoms with Gasteiger partial charge >= 0.3 is 27.6 Å². The van der Waals surface area contributed by atoms with Crippen molar-refractivity contribution in [2.75, 3.05) is 13.2 Å². The van der Waals surface area contributed by atoms with Gasteiger partial charge in [0, 0.05) is 12.8 Å². The summed E-state index contributed by atoms with van der Waals surface area (Å²) in [4.78, 5) is 54.3. The quantitative estimate of drug-likeness (QED) is 0.00951. The number of aliphatic hydroxyl groups is 5. The van der Waals surface area contributed by atoms with Gasteiger partial charge in [-0.2, -0.15) is 0 Å². The summed E-state index contributed by atoms with van der Waals surface area (Å²) in [5.41, 5.74) is 0. The predicted octanol–water partition coefficient (Wildman–Crippen LogP) is 8.03. The first-order valence-electron chi connectivity index (χ1n) is 23.9.